The van der Waals surface area contributed by atoms with E-state index in [9.17, 15) is 26.0 Å². The Bertz CT molecular complexity index is 880. The SMILES string of the molecule is O=S(=O)(Nc1ccc(F)cc1)c1ccc2c(c1)CCNC2C(F)(F)F. The lowest BCUT2D eigenvalue weighted by molar-refractivity contribution is -0.158. The lowest BCUT2D eigenvalue weighted by Crippen LogP contribution is -2.39. The van der Waals surface area contributed by atoms with E-state index in [4.69, 9.17) is 0 Å². The Hall–Kier alpha value is -2.13. The molecule has 2 aromatic rings. The van der Waals surface area contributed by atoms with Gasteiger partial charge in [0.2, 0.25) is 0 Å². The molecule has 0 fully saturated rings. The van der Waals surface area contributed by atoms with Gasteiger partial charge in [0.1, 0.15) is 11.9 Å². The average Bonchev–Trinajstić information content (AvgIpc) is 2.55. The van der Waals surface area contributed by atoms with Crippen molar-refractivity contribution in [2.24, 2.45) is 0 Å². The molecule has 0 amide bonds. The number of rotatable bonds is 3. The standard InChI is InChI=1S/C16H14F4N2O2S/c17-11-1-3-12(4-2-11)22-25(23,24)13-5-6-14-10(9-13)7-8-21-15(14)16(18,19)20/h1-6,9,15,21-22H,7-8H2. The van der Waals surface area contributed by atoms with Gasteiger partial charge in [0.15, 0.2) is 0 Å². The number of hydrogen-bond donors (Lipinski definition) is 2. The maximum absolute atomic E-state index is 13.1. The van der Waals surface area contributed by atoms with Crippen molar-refractivity contribution in [2.75, 3.05) is 11.3 Å². The molecule has 134 valence electrons. The Kier molecular flexibility index (Phi) is 4.46. The summed E-state index contributed by atoms with van der Waals surface area (Å²) >= 11 is 0. The second kappa shape index (κ2) is 6.30. The fourth-order valence-corrected chi connectivity index (χ4v) is 3.84. The van der Waals surface area contributed by atoms with Crippen LogP contribution in [-0.4, -0.2) is 21.1 Å². The summed E-state index contributed by atoms with van der Waals surface area (Å²) in [6, 6.07) is 6.48. The topological polar surface area (TPSA) is 58.2 Å². The third-order valence-electron chi connectivity index (χ3n) is 3.90. The maximum Gasteiger partial charge on any atom is 0.407 e. The first-order chi connectivity index (χ1) is 11.7. The molecule has 0 aliphatic carbocycles. The quantitative estimate of drug-likeness (QED) is 0.810. The van der Waals surface area contributed by atoms with Gasteiger partial charge in [-0.1, -0.05) is 6.07 Å². The van der Waals surface area contributed by atoms with Crippen LogP contribution < -0.4 is 10.0 Å². The largest absolute Gasteiger partial charge is 0.407 e. The molecule has 0 saturated carbocycles. The second-order valence-corrected chi connectivity index (χ2v) is 7.33. The first-order valence-electron chi connectivity index (χ1n) is 7.38. The summed E-state index contributed by atoms with van der Waals surface area (Å²) in [4.78, 5) is -0.140. The lowest BCUT2D eigenvalue weighted by Gasteiger charge is -2.29. The third-order valence-corrected chi connectivity index (χ3v) is 5.28. The van der Waals surface area contributed by atoms with E-state index < -0.39 is 28.1 Å². The van der Waals surface area contributed by atoms with Gasteiger partial charge in [-0.15, -0.1) is 0 Å². The van der Waals surface area contributed by atoms with Crippen molar-refractivity contribution in [1.29, 1.82) is 0 Å². The summed E-state index contributed by atoms with van der Waals surface area (Å²) in [6.45, 7) is 0.103. The summed E-state index contributed by atoms with van der Waals surface area (Å²) in [7, 11) is -3.99. The van der Waals surface area contributed by atoms with E-state index in [1.807, 2.05) is 0 Å². The fraction of sp³-hybridized carbons (Fsp3) is 0.250. The van der Waals surface area contributed by atoms with Gasteiger partial charge in [-0.05, 0) is 53.9 Å². The number of fused-ring (bicyclic) bond motifs is 1. The molecule has 1 aliphatic rings. The lowest BCUT2D eigenvalue weighted by atomic mass is 9.94. The number of sulfonamides is 1. The molecule has 0 aromatic heterocycles. The Labute approximate surface area is 141 Å². The summed E-state index contributed by atoms with van der Waals surface area (Å²) in [5, 5.41) is 2.39. The molecule has 0 bridgehead atoms. The monoisotopic (exact) mass is 374 g/mol. The maximum atomic E-state index is 13.1. The summed E-state index contributed by atoms with van der Waals surface area (Å²) < 4.78 is 79.1. The Morgan fingerprint density at radius 3 is 2.40 bits per heavy atom. The molecular weight excluding hydrogens is 360 g/mol. The minimum atomic E-state index is -4.46. The van der Waals surface area contributed by atoms with Gasteiger partial charge in [-0.3, -0.25) is 4.72 Å². The number of hydrogen-bond acceptors (Lipinski definition) is 3. The van der Waals surface area contributed by atoms with Crippen LogP contribution in [0.5, 0.6) is 0 Å². The van der Waals surface area contributed by atoms with Gasteiger partial charge in [-0.25, -0.2) is 12.8 Å². The highest BCUT2D eigenvalue weighted by molar-refractivity contribution is 7.92. The molecule has 1 unspecified atom stereocenters. The first kappa shape index (κ1) is 17.7. The van der Waals surface area contributed by atoms with E-state index in [1.54, 1.807) is 0 Å². The van der Waals surface area contributed by atoms with E-state index in [-0.39, 0.29) is 22.7 Å². The zero-order valence-electron chi connectivity index (χ0n) is 12.8. The molecule has 0 saturated heterocycles. The van der Waals surface area contributed by atoms with Crippen LogP contribution in [0, 0.1) is 5.82 Å². The number of benzene rings is 2. The minimum Gasteiger partial charge on any atom is -0.302 e. The molecule has 2 N–H and O–H groups in total. The summed E-state index contributed by atoms with van der Waals surface area (Å²) in [5.41, 5.74) is 0.525. The van der Waals surface area contributed by atoms with E-state index in [1.165, 1.54) is 24.3 Å². The van der Waals surface area contributed by atoms with Crippen molar-refractivity contribution in [2.45, 2.75) is 23.5 Å². The molecule has 3 rings (SSSR count). The molecule has 0 radical (unpaired) electrons. The molecule has 0 spiro atoms. The normalized spacial score (nSPS) is 17.8. The average molecular weight is 374 g/mol. The van der Waals surface area contributed by atoms with Crippen LogP contribution in [0.25, 0.3) is 0 Å². The van der Waals surface area contributed by atoms with Crippen molar-refractivity contribution < 1.29 is 26.0 Å². The van der Waals surface area contributed by atoms with E-state index >= 15 is 0 Å². The molecule has 9 heteroatoms. The van der Waals surface area contributed by atoms with Gasteiger partial charge in [0.25, 0.3) is 10.0 Å². The van der Waals surface area contributed by atoms with Gasteiger partial charge in [0, 0.05) is 12.2 Å². The van der Waals surface area contributed by atoms with Gasteiger partial charge in [0.05, 0.1) is 4.90 Å². The highest BCUT2D eigenvalue weighted by Crippen LogP contribution is 2.37. The van der Waals surface area contributed by atoms with Gasteiger partial charge < -0.3 is 5.32 Å². The van der Waals surface area contributed by atoms with E-state index in [0.717, 1.165) is 18.2 Å². The second-order valence-electron chi connectivity index (χ2n) is 5.65. The summed E-state index contributed by atoms with van der Waals surface area (Å²) in [6.07, 6.45) is -4.16. The van der Waals surface area contributed by atoms with Crippen LogP contribution in [0.1, 0.15) is 17.2 Å². The van der Waals surface area contributed by atoms with Crippen LogP contribution in [0.3, 0.4) is 0 Å². The zero-order valence-corrected chi connectivity index (χ0v) is 13.6. The molecule has 1 heterocycles. The van der Waals surface area contributed by atoms with E-state index in [0.29, 0.717) is 12.0 Å². The molecule has 25 heavy (non-hydrogen) atoms. The Morgan fingerprint density at radius 2 is 1.76 bits per heavy atom. The summed E-state index contributed by atoms with van der Waals surface area (Å²) in [5.74, 6) is -0.512. The van der Waals surface area contributed by atoms with Crippen LogP contribution >= 0.6 is 0 Å². The molecule has 4 nitrogen and oxygen atoms in total. The number of anilines is 1. The van der Waals surface area contributed by atoms with Crippen molar-refractivity contribution >= 4 is 15.7 Å². The van der Waals surface area contributed by atoms with Gasteiger partial charge in [-0.2, -0.15) is 13.2 Å². The third kappa shape index (κ3) is 3.77. The van der Waals surface area contributed by atoms with Crippen LogP contribution in [-0.2, 0) is 16.4 Å². The van der Waals surface area contributed by atoms with Crippen LogP contribution in [0.2, 0.25) is 0 Å². The number of nitrogens with one attached hydrogen (secondary N) is 2. The predicted octanol–water partition coefficient (Wildman–Crippen LogP) is 3.38. The van der Waals surface area contributed by atoms with Crippen LogP contribution in [0.15, 0.2) is 47.4 Å². The Morgan fingerprint density at radius 1 is 1.08 bits per heavy atom. The molecule has 1 aliphatic heterocycles. The van der Waals surface area contributed by atoms with Crippen molar-refractivity contribution in [3.05, 3.63) is 59.4 Å². The van der Waals surface area contributed by atoms with Crippen molar-refractivity contribution in [3.63, 3.8) is 0 Å². The number of halogens is 4. The zero-order chi connectivity index (χ0) is 18.2. The van der Waals surface area contributed by atoms with E-state index in [2.05, 4.69) is 10.0 Å². The smallest absolute Gasteiger partial charge is 0.302 e. The molecular formula is C16H14F4N2O2S. The van der Waals surface area contributed by atoms with Gasteiger partial charge >= 0.3 is 6.18 Å². The first-order valence-corrected chi connectivity index (χ1v) is 8.86. The van der Waals surface area contributed by atoms with Crippen molar-refractivity contribution in [3.8, 4) is 0 Å². The van der Waals surface area contributed by atoms with Crippen molar-refractivity contribution in [1.82, 2.24) is 5.32 Å². The number of alkyl halides is 3. The highest BCUT2D eigenvalue weighted by Gasteiger charge is 2.43. The minimum absolute atomic E-state index is 0.0273. The van der Waals surface area contributed by atoms with Crippen LogP contribution in [0.4, 0.5) is 23.2 Å². The highest BCUT2D eigenvalue weighted by atomic mass is 32.2. The fourth-order valence-electron chi connectivity index (χ4n) is 2.73. The molecule has 2 aromatic carbocycles. The Balaban J connectivity index is 1.92. The predicted molar refractivity (Wildman–Crippen MR) is 84.2 cm³/mol. The molecule has 1 atom stereocenters.